The van der Waals surface area contributed by atoms with Crippen molar-refractivity contribution in [2.24, 2.45) is 0 Å². The number of benzene rings is 2. The molecule has 1 aliphatic heterocycles. The van der Waals surface area contributed by atoms with Gasteiger partial charge in [-0.25, -0.2) is 4.98 Å². The highest BCUT2D eigenvalue weighted by Gasteiger charge is 2.14. The van der Waals surface area contributed by atoms with Crippen LogP contribution in [0.4, 0.5) is 0 Å². The van der Waals surface area contributed by atoms with Crippen molar-refractivity contribution in [2.45, 2.75) is 6.54 Å². The smallest absolute Gasteiger partial charge is 0.137 e. The lowest BCUT2D eigenvalue weighted by molar-refractivity contribution is 0.148. The lowest BCUT2D eigenvalue weighted by Crippen LogP contribution is -2.43. The van der Waals surface area contributed by atoms with Crippen molar-refractivity contribution in [1.82, 2.24) is 30.0 Å². The number of H-pyrrole nitrogens is 2. The molecule has 1 saturated heterocycles. The molecule has 1 aliphatic rings. The quantitative estimate of drug-likeness (QED) is 0.447. The maximum Gasteiger partial charge on any atom is 0.137 e. The summed E-state index contributed by atoms with van der Waals surface area (Å²) in [5.74, 6) is 0. The maximum absolute atomic E-state index is 4.69. The molecule has 3 aromatic heterocycles. The van der Waals surface area contributed by atoms with Gasteiger partial charge in [0.05, 0.1) is 11.7 Å². The zero-order valence-corrected chi connectivity index (χ0v) is 18.2. The molecule has 0 spiro atoms. The maximum atomic E-state index is 4.69. The average Bonchev–Trinajstić information content (AvgIpc) is 3.47. The monoisotopic (exact) mass is 422 g/mol. The number of rotatable bonds is 4. The Morgan fingerprint density at radius 1 is 0.875 bits per heavy atom. The number of nitrogens with one attached hydrogen (secondary N) is 2. The van der Waals surface area contributed by atoms with Crippen molar-refractivity contribution >= 4 is 21.9 Å². The van der Waals surface area contributed by atoms with Crippen LogP contribution >= 0.6 is 0 Å². The van der Waals surface area contributed by atoms with Crippen molar-refractivity contribution in [1.29, 1.82) is 0 Å². The van der Waals surface area contributed by atoms with Gasteiger partial charge in [0.15, 0.2) is 0 Å². The molecule has 0 saturated carbocycles. The van der Waals surface area contributed by atoms with E-state index in [0.29, 0.717) is 0 Å². The molecule has 0 bridgehead atoms. The molecule has 6 rings (SSSR count). The van der Waals surface area contributed by atoms with E-state index < -0.39 is 0 Å². The Bertz CT molecular complexity index is 1370. The summed E-state index contributed by atoms with van der Waals surface area (Å²) in [7, 11) is 2.20. The molecule has 4 heterocycles. The van der Waals surface area contributed by atoms with Crippen molar-refractivity contribution in [2.75, 3.05) is 33.2 Å². The number of pyridine rings is 1. The van der Waals surface area contributed by atoms with Crippen molar-refractivity contribution in [3.8, 4) is 22.3 Å². The van der Waals surface area contributed by atoms with E-state index in [2.05, 4.69) is 80.6 Å². The normalized spacial score (nSPS) is 15.7. The van der Waals surface area contributed by atoms with Crippen LogP contribution in [0.2, 0.25) is 0 Å². The highest BCUT2D eigenvalue weighted by Crippen LogP contribution is 2.32. The number of fused-ring (bicyclic) bond motifs is 2. The van der Waals surface area contributed by atoms with Crippen LogP contribution < -0.4 is 0 Å². The number of piperazine rings is 1. The number of hydrogen-bond acceptors (Lipinski definition) is 4. The molecule has 0 atom stereocenters. The Balaban J connectivity index is 1.28. The summed E-state index contributed by atoms with van der Waals surface area (Å²) in [6, 6.07) is 17.6. The van der Waals surface area contributed by atoms with Crippen LogP contribution in [-0.4, -0.2) is 63.2 Å². The Hall–Kier alpha value is -3.48. The molecular weight excluding hydrogens is 396 g/mol. The molecule has 0 unspecified atom stereocenters. The van der Waals surface area contributed by atoms with E-state index in [9.17, 15) is 0 Å². The minimum absolute atomic E-state index is 0.905. The summed E-state index contributed by atoms with van der Waals surface area (Å²) in [4.78, 5) is 12.9. The molecule has 5 aromatic rings. The van der Waals surface area contributed by atoms with E-state index in [-0.39, 0.29) is 0 Å². The molecule has 6 nitrogen and oxygen atoms in total. The van der Waals surface area contributed by atoms with Gasteiger partial charge < -0.3 is 9.88 Å². The minimum atomic E-state index is 0.905. The molecule has 160 valence electrons. The van der Waals surface area contributed by atoms with Gasteiger partial charge >= 0.3 is 0 Å². The lowest BCUT2D eigenvalue weighted by Gasteiger charge is -2.32. The standard InChI is InChI=1S/C26H26N6/c1-31-8-10-32(11-9-31)17-18-2-4-19(5-3-18)21-13-23-24(16-28-26(23)27-14-21)20-6-7-25-22(12-20)15-29-30-25/h2-7,12-16H,8-11,17H2,1H3,(H,27,28)(H,29,30). The fourth-order valence-corrected chi connectivity index (χ4v) is 4.58. The van der Waals surface area contributed by atoms with Crippen LogP contribution in [0.25, 0.3) is 44.2 Å². The van der Waals surface area contributed by atoms with Crippen LogP contribution in [0.1, 0.15) is 5.56 Å². The van der Waals surface area contributed by atoms with Gasteiger partial charge in [-0.2, -0.15) is 5.10 Å². The fourth-order valence-electron chi connectivity index (χ4n) is 4.58. The van der Waals surface area contributed by atoms with Gasteiger partial charge in [0.2, 0.25) is 0 Å². The second-order valence-corrected chi connectivity index (χ2v) is 8.77. The van der Waals surface area contributed by atoms with E-state index in [4.69, 9.17) is 4.98 Å². The van der Waals surface area contributed by atoms with Gasteiger partial charge in [-0.05, 0) is 41.9 Å². The summed E-state index contributed by atoms with van der Waals surface area (Å²) in [5.41, 5.74) is 7.96. The Morgan fingerprint density at radius 3 is 2.53 bits per heavy atom. The van der Waals surface area contributed by atoms with E-state index in [1.54, 1.807) is 0 Å². The zero-order valence-electron chi connectivity index (χ0n) is 18.2. The molecule has 32 heavy (non-hydrogen) atoms. The Morgan fingerprint density at radius 2 is 1.69 bits per heavy atom. The lowest BCUT2D eigenvalue weighted by atomic mass is 10.0. The average molecular weight is 423 g/mol. The molecule has 6 heteroatoms. The third-order valence-electron chi connectivity index (χ3n) is 6.57. The van der Waals surface area contributed by atoms with Gasteiger partial charge in [-0.15, -0.1) is 0 Å². The number of likely N-dealkylation sites (N-methyl/N-ethyl adjacent to an activating group) is 1. The van der Waals surface area contributed by atoms with Gasteiger partial charge in [-0.1, -0.05) is 30.3 Å². The highest BCUT2D eigenvalue weighted by molar-refractivity contribution is 5.97. The van der Waals surface area contributed by atoms with E-state index in [1.165, 1.54) is 11.1 Å². The summed E-state index contributed by atoms with van der Waals surface area (Å²) in [6.07, 6.45) is 5.86. The summed E-state index contributed by atoms with van der Waals surface area (Å²) in [6.45, 7) is 5.59. The zero-order chi connectivity index (χ0) is 21.5. The third-order valence-corrected chi connectivity index (χ3v) is 6.57. The van der Waals surface area contributed by atoms with Crippen LogP contribution in [0, 0.1) is 0 Å². The first-order valence-electron chi connectivity index (χ1n) is 11.1. The molecule has 0 amide bonds. The van der Waals surface area contributed by atoms with E-state index in [0.717, 1.165) is 71.4 Å². The van der Waals surface area contributed by atoms with Crippen molar-refractivity contribution in [3.63, 3.8) is 0 Å². The predicted molar refractivity (Wildman–Crippen MR) is 129 cm³/mol. The molecule has 1 fully saturated rings. The number of aromatic nitrogens is 4. The molecule has 0 aliphatic carbocycles. The number of nitrogens with zero attached hydrogens (tertiary/aromatic N) is 4. The number of aromatic amines is 2. The van der Waals surface area contributed by atoms with Crippen molar-refractivity contribution in [3.05, 3.63) is 72.7 Å². The largest absolute Gasteiger partial charge is 0.346 e. The van der Waals surface area contributed by atoms with Crippen LogP contribution in [0.5, 0.6) is 0 Å². The second-order valence-electron chi connectivity index (χ2n) is 8.77. The van der Waals surface area contributed by atoms with Gasteiger partial charge in [0, 0.05) is 67.0 Å². The summed E-state index contributed by atoms with van der Waals surface area (Å²) in [5, 5.41) is 9.39. The third kappa shape index (κ3) is 3.57. The second kappa shape index (κ2) is 7.89. The highest BCUT2D eigenvalue weighted by atomic mass is 15.2. The van der Waals surface area contributed by atoms with Gasteiger partial charge in [-0.3, -0.25) is 10.00 Å². The molecule has 2 aromatic carbocycles. The molecular formula is C26H26N6. The summed E-state index contributed by atoms with van der Waals surface area (Å²) >= 11 is 0. The Kier molecular flexibility index (Phi) is 4.74. The fraction of sp³-hybridized carbons (Fsp3) is 0.231. The molecule has 0 radical (unpaired) electrons. The Labute approximate surface area is 186 Å². The topological polar surface area (TPSA) is 63.8 Å². The minimum Gasteiger partial charge on any atom is -0.346 e. The number of hydrogen-bond donors (Lipinski definition) is 2. The van der Waals surface area contributed by atoms with E-state index >= 15 is 0 Å². The first-order valence-corrected chi connectivity index (χ1v) is 11.1. The SMILES string of the molecule is CN1CCN(Cc2ccc(-c3cnc4[nH]cc(-c5ccc6[nH]ncc6c5)c4c3)cc2)CC1. The predicted octanol–water partition coefficient (Wildman–Crippen LogP) is 4.52. The van der Waals surface area contributed by atoms with Crippen LogP contribution in [0.15, 0.2) is 67.1 Å². The van der Waals surface area contributed by atoms with Crippen LogP contribution in [-0.2, 0) is 6.54 Å². The molecule has 2 N–H and O–H groups in total. The van der Waals surface area contributed by atoms with Crippen LogP contribution in [0.3, 0.4) is 0 Å². The van der Waals surface area contributed by atoms with Gasteiger partial charge in [0.1, 0.15) is 5.65 Å². The van der Waals surface area contributed by atoms with Gasteiger partial charge in [0.25, 0.3) is 0 Å². The first-order chi connectivity index (χ1) is 15.7. The first kappa shape index (κ1) is 19.2. The van der Waals surface area contributed by atoms with Crippen molar-refractivity contribution < 1.29 is 0 Å². The van der Waals surface area contributed by atoms with E-state index in [1.807, 2.05) is 18.6 Å². The summed E-state index contributed by atoms with van der Waals surface area (Å²) < 4.78 is 0.